The van der Waals surface area contributed by atoms with Gasteiger partial charge >= 0.3 is 23.9 Å². The Morgan fingerprint density at radius 1 is 0.667 bits per heavy atom. The number of rotatable bonds is 7. The Morgan fingerprint density at radius 3 is 1.67 bits per heavy atom. The van der Waals surface area contributed by atoms with Gasteiger partial charge in [0.15, 0.2) is 0 Å². The van der Waals surface area contributed by atoms with Gasteiger partial charge < -0.3 is 49.6 Å². The predicted octanol–water partition coefficient (Wildman–Crippen LogP) is 3.20. The predicted molar refractivity (Wildman–Crippen MR) is 197 cm³/mol. The Morgan fingerprint density at radius 2 is 1.17 bits per heavy atom. The number of allylic oxidation sites excluding steroid dienone is 5. The molecule has 2 heterocycles. The quantitative estimate of drug-likeness (QED) is 0.173. The van der Waals surface area contributed by atoms with E-state index in [1.54, 1.807) is 0 Å². The average Bonchev–Trinajstić information content (AvgIpc) is 3.14. The molecule has 6 N–H and O–H groups in total. The fourth-order valence-electron chi connectivity index (χ4n) is 7.91. The topological polar surface area (TPSA) is 295 Å². The third-order valence-electron chi connectivity index (χ3n) is 11.0. The van der Waals surface area contributed by atoms with Crippen LogP contribution >= 0.6 is 0 Å². The Bertz CT molecular complexity index is 2600. The number of carboxylic acids is 2. The van der Waals surface area contributed by atoms with E-state index in [-0.39, 0.29) is 62.0 Å². The van der Waals surface area contributed by atoms with Crippen LogP contribution in [0.15, 0.2) is 94.4 Å². The molecule has 0 aromatic heterocycles. The molecule has 0 amide bonds. The van der Waals surface area contributed by atoms with Crippen molar-refractivity contribution < 1.29 is 87.9 Å². The standard InChI is InChI=1S/C42H32O18/c1-15-5-18(43)9-24(45)30(15)39(55)59-41(3)28(47)8-17-7-26(57-13-22(17)35(41)49)34-32-20-12-29(48)42(4,60-40(56)31-16(2)6-19(44)10-25(31)46)36(50)23(20)14-58-27(32)11-21(37(51)52)33(34)38(53)54/h5-10,12-14,21,33-34,43-46H,11H2,1-4H3,(H,51,52)(H,53,54)/t21-,33+,34-,41-,42-/m1/s1. The number of phenols is 4. The van der Waals surface area contributed by atoms with Crippen molar-refractivity contribution in [2.75, 3.05) is 0 Å². The van der Waals surface area contributed by atoms with Crippen molar-refractivity contribution in [1.82, 2.24) is 0 Å². The molecule has 7 rings (SSSR count). The van der Waals surface area contributed by atoms with Gasteiger partial charge in [-0.15, -0.1) is 0 Å². The first-order chi connectivity index (χ1) is 28.1. The summed E-state index contributed by atoms with van der Waals surface area (Å²) in [6.07, 6.45) is 4.06. The Hall–Kier alpha value is -7.76. The van der Waals surface area contributed by atoms with Gasteiger partial charge in [-0.25, -0.2) is 9.59 Å². The van der Waals surface area contributed by atoms with Crippen LogP contribution in [0.2, 0.25) is 0 Å². The van der Waals surface area contributed by atoms with Crippen LogP contribution in [0.25, 0.3) is 0 Å². The molecule has 60 heavy (non-hydrogen) atoms. The smallest absolute Gasteiger partial charge is 0.343 e. The molecule has 5 atom stereocenters. The fraction of sp³-hybridized carbons (Fsp3) is 0.238. The maximum Gasteiger partial charge on any atom is 0.343 e. The minimum Gasteiger partial charge on any atom is -0.508 e. The van der Waals surface area contributed by atoms with Crippen LogP contribution in [-0.2, 0) is 47.7 Å². The molecule has 2 aromatic rings. The number of Topliss-reactive ketones (excluding diaryl/α,β-unsaturated/α-hetero) is 2. The molecule has 0 fully saturated rings. The van der Waals surface area contributed by atoms with Gasteiger partial charge in [0.25, 0.3) is 0 Å². The van der Waals surface area contributed by atoms with Crippen molar-refractivity contribution in [2.24, 2.45) is 17.8 Å². The lowest BCUT2D eigenvalue weighted by molar-refractivity contribution is -0.156. The van der Waals surface area contributed by atoms with Gasteiger partial charge in [0, 0.05) is 24.1 Å². The van der Waals surface area contributed by atoms with E-state index in [0.29, 0.717) is 0 Å². The van der Waals surface area contributed by atoms with Gasteiger partial charge in [-0.3, -0.25) is 28.8 Å². The molecule has 308 valence electrons. The van der Waals surface area contributed by atoms with Crippen molar-refractivity contribution in [3.8, 4) is 23.0 Å². The summed E-state index contributed by atoms with van der Waals surface area (Å²) in [5.74, 6) is -18.1. The van der Waals surface area contributed by atoms with E-state index in [2.05, 4.69) is 0 Å². The summed E-state index contributed by atoms with van der Waals surface area (Å²) in [7, 11) is 0. The van der Waals surface area contributed by atoms with Gasteiger partial charge in [0.2, 0.25) is 34.3 Å². The summed E-state index contributed by atoms with van der Waals surface area (Å²) < 4.78 is 22.4. The highest BCUT2D eigenvalue weighted by Crippen LogP contribution is 2.52. The number of ether oxygens (including phenoxy) is 4. The van der Waals surface area contributed by atoms with Gasteiger partial charge in [-0.1, -0.05) is 0 Å². The summed E-state index contributed by atoms with van der Waals surface area (Å²) >= 11 is 0. The number of fused-ring (bicyclic) bond motifs is 3. The Balaban J connectivity index is 1.28. The minimum absolute atomic E-state index is 0.0466. The molecule has 3 aliphatic carbocycles. The van der Waals surface area contributed by atoms with Gasteiger partial charge in [-0.2, -0.15) is 0 Å². The number of carbonyl (C=O) groups is 8. The van der Waals surface area contributed by atoms with Crippen LogP contribution in [0.5, 0.6) is 23.0 Å². The lowest BCUT2D eigenvalue weighted by Gasteiger charge is -2.42. The summed E-state index contributed by atoms with van der Waals surface area (Å²) in [4.78, 5) is 108. The summed E-state index contributed by atoms with van der Waals surface area (Å²) in [5, 5.41) is 60.9. The normalized spacial score (nSPS) is 25.7. The maximum absolute atomic E-state index is 14.1. The molecule has 2 aliphatic heterocycles. The molecule has 0 saturated heterocycles. The summed E-state index contributed by atoms with van der Waals surface area (Å²) in [6.45, 7) is 4.71. The molecule has 0 spiro atoms. The first-order valence-corrected chi connectivity index (χ1v) is 17.9. The van der Waals surface area contributed by atoms with Gasteiger partial charge in [0.1, 0.15) is 58.2 Å². The lowest BCUT2D eigenvalue weighted by Crippen LogP contribution is -2.52. The van der Waals surface area contributed by atoms with Crippen LogP contribution in [0.4, 0.5) is 0 Å². The highest BCUT2D eigenvalue weighted by Gasteiger charge is 2.57. The number of phenolic OH excluding ortho intramolecular Hbond substituents is 4. The van der Waals surface area contributed by atoms with E-state index in [1.165, 1.54) is 13.8 Å². The summed E-state index contributed by atoms with van der Waals surface area (Å²) in [5.41, 5.74) is -7.12. The fourth-order valence-corrected chi connectivity index (χ4v) is 7.91. The Kier molecular flexibility index (Phi) is 9.41. The number of benzene rings is 2. The van der Waals surface area contributed by atoms with Gasteiger partial charge in [0.05, 0.1) is 28.9 Å². The van der Waals surface area contributed by atoms with Crippen molar-refractivity contribution in [3.63, 3.8) is 0 Å². The number of carboxylic acid groups (broad SMARTS) is 2. The number of ketones is 4. The van der Waals surface area contributed by atoms with Crippen molar-refractivity contribution in [3.05, 3.63) is 117 Å². The maximum atomic E-state index is 14.1. The molecule has 18 heteroatoms. The molecular weight excluding hydrogens is 792 g/mol. The first kappa shape index (κ1) is 40.4. The number of carbonyl (C=O) groups excluding carboxylic acids is 6. The first-order valence-electron chi connectivity index (χ1n) is 17.9. The molecule has 5 aliphatic rings. The molecule has 18 nitrogen and oxygen atoms in total. The monoisotopic (exact) mass is 824 g/mol. The SMILES string of the molecule is Cc1cc(O)cc(O)c1C(=O)O[C@]1(C)C(=O)C=C2C=C([C@@H]3C4=C(C[C@@H](C(=O)O)[C@@H]3C(=O)O)OC=C3C(=O)[C@](C)(OC(=O)c5c(C)cc(O)cc5O)C(=O)C=C34)OC=C2C1=O. The molecule has 2 aromatic carbocycles. The van der Waals surface area contributed by atoms with E-state index < -0.39 is 105 Å². The third-order valence-corrected chi connectivity index (χ3v) is 11.0. The van der Waals surface area contributed by atoms with Crippen molar-refractivity contribution >= 4 is 47.0 Å². The highest BCUT2D eigenvalue weighted by molar-refractivity contribution is 6.28. The average molecular weight is 825 g/mol. The largest absolute Gasteiger partial charge is 0.508 e. The van der Waals surface area contributed by atoms with Crippen LogP contribution < -0.4 is 0 Å². The van der Waals surface area contributed by atoms with E-state index in [4.69, 9.17) is 18.9 Å². The number of hydrogen-bond donors (Lipinski definition) is 6. The zero-order valence-corrected chi connectivity index (χ0v) is 31.7. The lowest BCUT2D eigenvalue weighted by atomic mass is 9.64. The molecule has 0 unspecified atom stereocenters. The molecule has 0 radical (unpaired) electrons. The second kappa shape index (κ2) is 14.0. The molecule has 0 saturated carbocycles. The van der Waals surface area contributed by atoms with Crippen LogP contribution in [-0.4, -0.2) is 88.9 Å². The second-order valence-electron chi connectivity index (χ2n) is 14.9. The number of aryl methyl sites for hydroxylation is 2. The number of aromatic hydroxyl groups is 4. The zero-order valence-electron chi connectivity index (χ0n) is 31.7. The van der Waals surface area contributed by atoms with Crippen LogP contribution in [0.1, 0.15) is 52.1 Å². The van der Waals surface area contributed by atoms with E-state index >= 15 is 0 Å². The molecule has 0 bridgehead atoms. The van der Waals surface area contributed by atoms with Gasteiger partial charge in [-0.05, 0) is 80.3 Å². The van der Waals surface area contributed by atoms with Crippen LogP contribution in [0, 0.1) is 31.6 Å². The van der Waals surface area contributed by atoms with Crippen molar-refractivity contribution in [2.45, 2.75) is 45.3 Å². The molecular formula is C42H32O18. The summed E-state index contributed by atoms with van der Waals surface area (Å²) in [6, 6.07) is 3.98. The zero-order chi connectivity index (χ0) is 43.9. The highest BCUT2D eigenvalue weighted by atomic mass is 16.6. The second-order valence-corrected chi connectivity index (χ2v) is 14.9. The van der Waals surface area contributed by atoms with E-state index in [1.807, 2.05) is 0 Å². The minimum atomic E-state index is -2.56. The number of esters is 2. The van der Waals surface area contributed by atoms with E-state index in [0.717, 1.165) is 68.9 Å². The van der Waals surface area contributed by atoms with Crippen molar-refractivity contribution in [1.29, 1.82) is 0 Å². The third kappa shape index (κ3) is 6.19. The Labute approximate surface area is 337 Å². The number of aliphatic carboxylic acids is 2. The van der Waals surface area contributed by atoms with E-state index in [9.17, 15) is 69.0 Å². The number of hydrogen-bond acceptors (Lipinski definition) is 16. The van der Waals surface area contributed by atoms with Crippen LogP contribution in [0.3, 0.4) is 0 Å².